The number of amides is 1. The van der Waals surface area contributed by atoms with E-state index in [-0.39, 0.29) is 24.4 Å². The predicted molar refractivity (Wildman–Crippen MR) is 98.0 cm³/mol. The fourth-order valence-electron chi connectivity index (χ4n) is 3.77. The van der Waals surface area contributed by atoms with Crippen LogP contribution in [0.4, 0.5) is 0 Å². The van der Waals surface area contributed by atoms with Crippen molar-refractivity contribution >= 4 is 18.3 Å². The molecule has 2 fully saturated rings. The molecule has 2 atom stereocenters. The standard InChI is InChI=1S/C17H29N5O2.ClH/c1-12(2)16-13(4-3-9-24-16)10-19-17(23)15-11-22(21-20-15)14-5-7-18-8-6-14;/h11-14,16,18H,3-10H2,1-2H3,(H,19,23);1H. The van der Waals surface area contributed by atoms with Crippen molar-refractivity contribution < 1.29 is 9.53 Å². The molecule has 2 aliphatic rings. The Kier molecular flexibility index (Phi) is 7.65. The second kappa shape index (κ2) is 9.50. The van der Waals surface area contributed by atoms with E-state index in [0.29, 0.717) is 30.1 Å². The first-order valence-electron chi connectivity index (χ1n) is 9.17. The third kappa shape index (κ3) is 5.15. The first-order valence-corrected chi connectivity index (χ1v) is 9.17. The van der Waals surface area contributed by atoms with E-state index < -0.39 is 0 Å². The maximum Gasteiger partial charge on any atom is 0.273 e. The van der Waals surface area contributed by atoms with Crippen molar-refractivity contribution in [1.29, 1.82) is 0 Å². The van der Waals surface area contributed by atoms with Gasteiger partial charge in [0.25, 0.3) is 5.91 Å². The van der Waals surface area contributed by atoms with Crippen LogP contribution < -0.4 is 10.6 Å². The maximum absolute atomic E-state index is 12.4. The number of nitrogens with zero attached hydrogens (tertiary/aromatic N) is 3. The molecule has 7 nitrogen and oxygen atoms in total. The number of ether oxygens (including phenoxy) is 1. The molecule has 3 rings (SSSR count). The largest absolute Gasteiger partial charge is 0.378 e. The molecular formula is C17H30ClN5O2. The summed E-state index contributed by atoms with van der Waals surface area (Å²) in [7, 11) is 0. The Hall–Kier alpha value is -1.18. The Morgan fingerprint density at radius 1 is 1.40 bits per heavy atom. The SMILES string of the molecule is CC(C)C1OCCCC1CNC(=O)c1cn(C2CCNCC2)nn1.Cl. The number of hydrogen-bond donors (Lipinski definition) is 2. The van der Waals surface area contributed by atoms with Crippen LogP contribution in [-0.4, -0.2) is 53.2 Å². The number of piperidine rings is 1. The number of hydrogen-bond acceptors (Lipinski definition) is 5. The third-order valence-electron chi connectivity index (χ3n) is 5.10. The molecule has 2 saturated heterocycles. The number of nitrogens with one attached hydrogen (secondary N) is 2. The van der Waals surface area contributed by atoms with Crippen molar-refractivity contribution in [2.45, 2.75) is 51.7 Å². The zero-order chi connectivity index (χ0) is 16.9. The van der Waals surface area contributed by atoms with E-state index in [1.54, 1.807) is 6.20 Å². The number of halogens is 1. The van der Waals surface area contributed by atoms with Gasteiger partial charge in [-0.2, -0.15) is 0 Å². The van der Waals surface area contributed by atoms with E-state index in [2.05, 4.69) is 34.8 Å². The lowest BCUT2D eigenvalue weighted by Crippen LogP contribution is -2.41. The van der Waals surface area contributed by atoms with E-state index in [9.17, 15) is 4.79 Å². The molecule has 0 bridgehead atoms. The van der Waals surface area contributed by atoms with E-state index in [1.165, 1.54) is 0 Å². The maximum atomic E-state index is 12.4. The summed E-state index contributed by atoms with van der Waals surface area (Å²) in [6, 6.07) is 0.345. The van der Waals surface area contributed by atoms with Gasteiger partial charge in [0.1, 0.15) is 0 Å². The van der Waals surface area contributed by atoms with Gasteiger partial charge in [-0.1, -0.05) is 19.1 Å². The zero-order valence-corrected chi connectivity index (χ0v) is 15.9. The lowest BCUT2D eigenvalue weighted by atomic mass is 9.87. The van der Waals surface area contributed by atoms with Gasteiger partial charge in [0.05, 0.1) is 18.3 Å². The molecule has 2 N–H and O–H groups in total. The molecule has 3 heterocycles. The molecule has 0 aromatic carbocycles. The highest BCUT2D eigenvalue weighted by molar-refractivity contribution is 5.91. The second-order valence-corrected chi connectivity index (χ2v) is 7.26. The summed E-state index contributed by atoms with van der Waals surface area (Å²) in [6.45, 7) is 7.80. The molecule has 8 heteroatoms. The van der Waals surface area contributed by atoms with Gasteiger partial charge < -0.3 is 15.4 Å². The quantitative estimate of drug-likeness (QED) is 0.824. The van der Waals surface area contributed by atoms with Crippen molar-refractivity contribution in [3.63, 3.8) is 0 Å². The first kappa shape index (κ1) is 20.1. The Labute approximate surface area is 155 Å². The third-order valence-corrected chi connectivity index (χ3v) is 5.10. The van der Waals surface area contributed by atoms with Crippen LogP contribution in [-0.2, 0) is 4.74 Å². The van der Waals surface area contributed by atoms with Crippen LogP contribution in [0.5, 0.6) is 0 Å². The number of carbonyl (C=O) groups excluding carboxylic acids is 1. The average Bonchev–Trinajstić information content (AvgIpc) is 3.11. The van der Waals surface area contributed by atoms with Crippen molar-refractivity contribution in [3.8, 4) is 0 Å². The highest BCUT2D eigenvalue weighted by atomic mass is 35.5. The fourth-order valence-corrected chi connectivity index (χ4v) is 3.77. The number of carbonyl (C=O) groups is 1. The Bertz CT molecular complexity index is 545. The van der Waals surface area contributed by atoms with Gasteiger partial charge in [0.15, 0.2) is 5.69 Å². The molecule has 142 valence electrons. The number of rotatable bonds is 5. The zero-order valence-electron chi connectivity index (χ0n) is 15.1. The summed E-state index contributed by atoms with van der Waals surface area (Å²) in [4.78, 5) is 12.4. The molecule has 2 unspecified atom stereocenters. The topological polar surface area (TPSA) is 81.1 Å². The van der Waals surface area contributed by atoms with Crippen molar-refractivity contribution in [1.82, 2.24) is 25.6 Å². The number of aromatic nitrogens is 3. The smallest absolute Gasteiger partial charge is 0.273 e. The van der Waals surface area contributed by atoms with Crippen LogP contribution in [0, 0.1) is 11.8 Å². The molecule has 0 aliphatic carbocycles. The van der Waals surface area contributed by atoms with E-state index in [1.807, 2.05) is 4.68 Å². The Morgan fingerprint density at radius 2 is 2.16 bits per heavy atom. The highest BCUT2D eigenvalue weighted by Crippen LogP contribution is 2.25. The Morgan fingerprint density at radius 3 is 2.88 bits per heavy atom. The van der Waals surface area contributed by atoms with Gasteiger partial charge in [-0.05, 0) is 44.7 Å². The summed E-state index contributed by atoms with van der Waals surface area (Å²) in [5, 5.41) is 14.6. The summed E-state index contributed by atoms with van der Waals surface area (Å²) in [5.41, 5.74) is 0.409. The molecule has 1 amide bonds. The first-order chi connectivity index (χ1) is 11.6. The molecule has 0 saturated carbocycles. The van der Waals surface area contributed by atoms with Gasteiger partial charge in [0, 0.05) is 19.1 Å². The predicted octanol–water partition coefficient (Wildman–Crippen LogP) is 1.81. The minimum absolute atomic E-state index is 0. The minimum Gasteiger partial charge on any atom is -0.378 e. The normalized spacial score (nSPS) is 24.8. The molecule has 1 aromatic heterocycles. The van der Waals surface area contributed by atoms with Crippen LogP contribution in [0.1, 0.15) is 56.1 Å². The van der Waals surface area contributed by atoms with Gasteiger partial charge in [0.2, 0.25) is 0 Å². The summed E-state index contributed by atoms with van der Waals surface area (Å²) in [6.07, 6.45) is 6.23. The summed E-state index contributed by atoms with van der Waals surface area (Å²) >= 11 is 0. The summed E-state index contributed by atoms with van der Waals surface area (Å²) in [5.74, 6) is 0.707. The monoisotopic (exact) mass is 371 g/mol. The lowest BCUT2D eigenvalue weighted by Gasteiger charge is -2.34. The van der Waals surface area contributed by atoms with Crippen molar-refractivity contribution in [2.75, 3.05) is 26.2 Å². The van der Waals surface area contributed by atoms with Crippen LogP contribution >= 0.6 is 12.4 Å². The van der Waals surface area contributed by atoms with Crippen LogP contribution in [0.15, 0.2) is 6.20 Å². The minimum atomic E-state index is -0.136. The average molecular weight is 372 g/mol. The molecule has 0 spiro atoms. The van der Waals surface area contributed by atoms with Crippen molar-refractivity contribution in [2.24, 2.45) is 11.8 Å². The lowest BCUT2D eigenvalue weighted by molar-refractivity contribution is -0.0510. The molecule has 1 aromatic rings. The van der Waals surface area contributed by atoms with Crippen LogP contribution in [0.25, 0.3) is 0 Å². The van der Waals surface area contributed by atoms with E-state index >= 15 is 0 Å². The van der Waals surface area contributed by atoms with E-state index in [0.717, 1.165) is 45.4 Å². The molecule has 0 radical (unpaired) electrons. The fraction of sp³-hybridized carbons (Fsp3) is 0.824. The molecule has 2 aliphatic heterocycles. The Balaban J connectivity index is 0.00000225. The van der Waals surface area contributed by atoms with Gasteiger partial charge >= 0.3 is 0 Å². The van der Waals surface area contributed by atoms with Crippen LogP contribution in [0.2, 0.25) is 0 Å². The second-order valence-electron chi connectivity index (χ2n) is 7.26. The van der Waals surface area contributed by atoms with Gasteiger partial charge in [-0.15, -0.1) is 17.5 Å². The van der Waals surface area contributed by atoms with Crippen LogP contribution in [0.3, 0.4) is 0 Å². The molecular weight excluding hydrogens is 342 g/mol. The van der Waals surface area contributed by atoms with Gasteiger partial charge in [-0.3, -0.25) is 4.79 Å². The van der Waals surface area contributed by atoms with Gasteiger partial charge in [-0.25, -0.2) is 4.68 Å². The summed E-state index contributed by atoms with van der Waals surface area (Å²) < 4.78 is 7.73. The highest BCUT2D eigenvalue weighted by Gasteiger charge is 2.29. The van der Waals surface area contributed by atoms with Crippen molar-refractivity contribution in [3.05, 3.63) is 11.9 Å². The molecule has 25 heavy (non-hydrogen) atoms. The van der Waals surface area contributed by atoms with E-state index in [4.69, 9.17) is 4.74 Å².